The number of nitrogens with one attached hydrogen (secondary N) is 1. The summed E-state index contributed by atoms with van der Waals surface area (Å²) in [5.74, 6) is 5.58. The van der Waals surface area contributed by atoms with Crippen molar-refractivity contribution in [1.29, 1.82) is 0 Å². The SMILES string of the molecule is CC#CCCNc1nnc(C(F)F)s1. The molecule has 0 radical (unpaired) electrons. The maximum Gasteiger partial charge on any atom is 0.291 e. The van der Waals surface area contributed by atoms with E-state index >= 15 is 0 Å². The van der Waals surface area contributed by atoms with Crippen molar-refractivity contribution >= 4 is 16.5 Å². The van der Waals surface area contributed by atoms with Crippen LogP contribution in [0, 0.1) is 11.8 Å². The summed E-state index contributed by atoms with van der Waals surface area (Å²) >= 11 is 0.867. The van der Waals surface area contributed by atoms with Crippen LogP contribution < -0.4 is 5.32 Å². The minimum absolute atomic E-state index is 0.255. The van der Waals surface area contributed by atoms with Crippen LogP contribution >= 0.6 is 11.3 Å². The van der Waals surface area contributed by atoms with E-state index in [9.17, 15) is 8.78 Å². The van der Waals surface area contributed by atoms with Crippen LogP contribution in [0.2, 0.25) is 0 Å². The average molecular weight is 217 g/mol. The van der Waals surface area contributed by atoms with Crippen LogP contribution in [0.15, 0.2) is 0 Å². The van der Waals surface area contributed by atoms with Gasteiger partial charge in [-0.05, 0) is 6.92 Å². The van der Waals surface area contributed by atoms with Gasteiger partial charge in [-0.3, -0.25) is 0 Å². The Morgan fingerprint density at radius 3 is 2.86 bits per heavy atom. The first-order valence-corrected chi connectivity index (χ1v) is 4.80. The molecule has 0 aromatic carbocycles. The maximum atomic E-state index is 12.1. The summed E-state index contributed by atoms with van der Waals surface area (Å²) in [6.07, 6.45) is -1.88. The minimum Gasteiger partial charge on any atom is -0.359 e. The molecule has 6 heteroatoms. The molecule has 0 amide bonds. The number of alkyl halides is 2. The first-order chi connectivity index (χ1) is 6.74. The maximum absolute atomic E-state index is 12.1. The standard InChI is InChI=1S/C8H9F2N3S/c1-2-3-4-5-11-8-13-12-7(14-8)6(9)10/h6H,4-5H2,1H3,(H,11,13). The minimum atomic E-state index is -2.54. The molecule has 1 N–H and O–H groups in total. The molecule has 0 saturated carbocycles. The van der Waals surface area contributed by atoms with Crippen molar-refractivity contribution in [2.45, 2.75) is 19.8 Å². The van der Waals surface area contributed by atoms with Gasteiger partial charge in [0.15, 0.2) is 5.01 Å². The summed E-state index contributed by atoms with van der Waals surface area (Å²) in [6.45, 7) is 2.35. The summed E-state index contributed by atoms with van der Waals surface area (Å²) in [5, 5.41) is 9.92. The number of hydrogen-bond acceptors (Lipinski definition) is 4. The normalized spacial score (nSPS) is 9.71. The molecule has 14 heavy (non-hydrogen) atoms. The van der Waals surface area contributed by atoms with E-state index in [4.69, 9.17) is 0 Å². The molecule has 1 aromatic rings. The summed E-state index contributed by atoms with van der Waals surface area (Å²) in [6, 6.07) is 0. The molecular formula is C8H9F2N3S. The average Bonchev–Trinajstić information content (AvgIpc) is 2.61. The third-order valence-electron chi connectivity index (χ3n) is 1.33. The topological polar surface area (TPSA) is 37.8 Å². The van der Waals surface area contributed by atoms with Gasteiger partial charge >= 0.3 is 0 Å². The monoisotopic (exact) mass is 217 g/mol. The van der Waals surface area contributed by atoms with Gasteiger partial charge in [0.05, 0.1) is 0 Å². The smallest absolute Gasteiger partial charge is 0.291 e. The van der Waals surface area contributed by atoms with Gasteiger partial charge in [-0.1, -0.05) is 11.3 Å². The lowest BCUT2D eigenvalue weighted by Crippen LogP contribution is -1.99. The number of nitrogens with zero attached hydrogens (tertiary/aromatic N) is 2. The second kappa shape index (κ2) is 5.50. The van der Waals surface area contributed by atoms with Gasteiger partial charge in [0.1, 0.15) is 0 Å². The fraction of sp³-hybridized carbons (Fsp3) is 0.500. The highest BCUT2D eigenvalue weighted by molar-refractivity contribution is 7.15. The Labute approximate surface area is 84.5 Å². The Hall–Kier alpha value is -1.22. The summed E-state index contributed by atoms with van der Waals surface area (Å²) < 4.78 is 24.2. The molecule has 0 aliphatic carbocycles. The van der Waals surface area contributed by atoms with Gasteiger partial charge in [-0.2, -0.15) is 0 Å². The molecule has 0 spiro atoms. The lowest BCUT2D eigenvalue weighted by molar-refractivity contribution is 0.150. The van der Waals surface area contributed by atoms with Crippen LogP contribution in [0.3, 0.4) is 0 Å². The van der Waals surface area contributed by atoms with Crippen LogP contribution in [0.1, 0.15) is 24.8 Å². The highest BCUT2D eigenvalue weighted by Crippen LogP contribution is 2.24. The Bertz CT molecular complexity index is 340. The third kappa shape index (κ3) is 3.26. The molecule has 0 unspecified atom stereocenters. The van der Waals surface area contributed by atoms with Crippen molar-refractivity contribution in [2.24, 2.45) is 0 Å². The Balaban J connectivity index is 2.38. The van der Waals surface area contributed by atoms with E-state index in [0.29, 0.717) is 18.1 Å². The van der Waals surface area contributed by atoms with Gasteiger partial charge in [-0.25, -0.2) is 8.78 Å². The van der Waals surface area contributed by atoms with E-state index in [2.05, 4.69) is 27.4 Å². The van der Waals surface area contributed by atoms with Gasteiger partial charge in [0.25, 0.3) is 6.43 Å². The van der Waals surface area contributed by atoms with Crippen molar-refractivity contribution in [1.82, 2.24) is 10.2 Å². The van der Waals surface area contributed by atoms with Gasteiger partial charge in [0.2, 0.25) is 5.13 Å². The second-order valence-corrected chi connectivity index (χ2v) is 3.36. The number of anilines is 1. The number of rotatable bonds is 4. The fourth-order valence-corrected chi connectivity index (χ4v) is 1.38. The number of halogens is 2. The predicted octanol–water partition coefficient (Wildman–Crippen LogP) is 2.30. The molecule has 1 aromatic heterocycles. The van der Waals surface area contributed by atoms with E-state index in [1.54, 1.807) is 6.92 Å². The molecule has 1 heterocycles. The third-order valence-corrected chi connectivity index (χ3v) is 2.22. The Kier molecular flexibility index (Phi) is 4.26. The van der Waals surface area contributed by atoms with Gasteiger partial charge < -0.3 is 5.32 Å². The second-order valence-electron chi connectivity index (χ2n) is 2.35. The van der Waals surface area contributed by atoms with Crippen molar-refractivity contribution in [3.8, 4) is 11.8 Å². The molecule has 3 nitrogen and oxygen atoms in total. The van der Waals surface area contributed by atoms with Crippen LogP contribution in [0.5, 0.6) is 0 Å². The van der Waals surface area contributed by atoms with Crippen molar-refractivity contribution < 1.29 is 8.78 Å². The predicted molar refractivity (Wildman–Crippen MR) is 51.4 cm³/mol. The molecular weight excluding hydrogens is 208 g/mol. The molecule has 0 atom stereocenters. The zero-order chi connectivity index (χ0) is 10.4. The van der Waals surface area contributed by atoms with E-state index in [-0.39, 0.29) is 5.01 Å². The fourth-order valence-electron chi connectivity index (χ4n) is 0.751. The Morgan fingerprint density at radius 2 is 2.29 bits per heavy atom. The van der Waals surface area contributed by atoms with E-state index in [1.165, 1.54) is 0 Å². The van der Waals surface area contributed by atoms with Crippen LogP contribution in [-0.4, -0.2) is 16.7 Å². The summed E-state index contributed by atoms with van der Waals surface area (Å²) in [4.78, 5) is 0. The van der Waals surface area contributed by atoms with Crippen LogP contribution in [0.25, 0.3) is 0 Å². The van der Waals surface area contributed by atoms with Crippen LogP contribution in [0.4, 0.5) is 13.9 Å². The number of hydrogen-bond donors (Lipinski definition) is 1. The zero-order valence-electron chi connectivity index (χ0n) is 7.55. The van der Waals surface area contributed by atoms with Gasteiger partial charge in [-0.15, -0.1) is 22.0 Å². The lowest BCUT2D eigenvalue weighted by atomic mass is 10.4. The molecule has 0 aliphatic heterocycles. The highest BCUT2D eigenvalue weighted by Gasteiger charge is 2.13. The summed E-state index contributed by atoms with van der Waals surface area (Å²) in [7, 11) is 0. The highest BCUT2D eigenvalue weighted by atomic mass is 32.1. The van der Waals surface area contributed by atoms with Crippen LogP contribution in [-0.2, 0) is 0 Å². The quantitative estimate of drug-likeness (QED) is 0.621. The van der Waals surface area contributed by atoms with E-state index < -0.39 is 6.43 Å². The largest absolute Gasteiger partial charge is 0.359 e. The van der Waals surface area contributed by atoms with Crippen molar-refractivity contribution in [3.05, 3.63) is 5.01 Å². The van der Waals surface area contributed by atoms with Crippen molar-refractivity contribution in [3.63, 3.8) is 0 Å². The zero-order valence-corrected chi connectivity index (χ0v) is 8.37. The first-order valence-electron chi connectivity index (χ1n) is 3.99. The number of aromatic nitrogens is 2. The molecule has 0 saturated heterocycles. The molecule has 0 bridgehead atoms. The Morgan fingerprint density at radius 1 is 1.50 bits per heavy atom. The van der Waals surface area contributed by atoms with E-state index in [0.717, 1.165) is 11.3 Å². The summed E-state index contributed by atoms with van der Waals surface area (Å²) in [5.41, 5.74) is 0. The molecule has 76 valence electrons. The van der Waals surface area contributed by atoms with E-state index in [1.807, 2.05) is 0 Å². The molecule has 1 rings (SSSR count). The first kappa shape index (κ1) is 10.9. The lowest BCUT2D eigenvalue weighted by Gasteiger charge is -1.95. The van der Waals surface area contributed by atoms with Crippen molar-refractivity contribution in [2.75, 3.05) is 11.9 Å². The van der Waals surface area contributed by atoms with Gasteiger partial charge in [0, 0.05) is 13.0 Å². The molecule has 0 fully saturated rings. The molecule has 0 aliphatic rings.